The largest absolute Gasteiger partial charge is 0.377 e. The summed E-state index contributed by atoms with van der Waals surface area (Å²) < 4.78 is 10.3. The lowest BCUT2D eigenvalue weighted by Crippen LogP contribution is -2.44. The van der Waals surface area contributed by atoms with Crippen molar-refractivity contribution in [2.24, 2.45) is 0 Å². The van der Waals surface area contributed by atoms with E-state index < -0.39 is 0 Å². The maximum absolute atomic E-state index is 13.0. The summed E-state index contributed by atoms with van der Waals surface area (Å²) in [4.78, 5) is 19.9. The highest BCUT2D eigenvalue weighted by atomic mass is 32.2. The number of benzene rings is 1. The van der Waals surface area contributed by atoms with E-state index in [0.717, 1.165) is 10.5 Å². The number of carbonyl (C=O) groups excluding carboxylic acids is 1. The summed E-state index contributed by atoms with van der Waals surface area (Å²) in [6.45, 7) is 3.36. The molecule has 0 aliphatic carbocycles. The molecule has 0 N–H and O–H groups in total. The molecule has 0 spiro atoms. The predicted octanol–water partition coefficient (Wildman–Crippen LogP) is 2.31. The Labute approximate surface area is 132 Å². The standard InChI is InChI=1S/C15H17N3O3S/c1-10-3-4-11(22-2)7-12(10)15(19)18-5-6-20-8-13(18)14-16-9-21-17-14/h3-4,7,9,13H,5-6,8H2,1-2H3/t13-/m0/s1. The van der Waals surface area contributed by atoms with E-state index in [-0.39, 0.29) is 11.9 Å². The molecule has 0 saturated carbocycles. The highest BCUT2D eigenvalue weighted by Crippen LogP contribution is 2.26. The maximum Gasteiger partial charge on any atom is 0.254 e. The number of aromatic nitrogens is 2. The zero-order chi connectivity index (χ0) is 15.5. The second-order valence-electron chi connectivity index (χ2n) is 5.06. The summed E-state index contributed by atoms with van der Waals surface area (Å²) in [5, 5.41) is 3.86. The van der Waals surface area contributed by atoms with Crippen LogP contribution in [0.3, 0.4) is 0 Å². The minimum absolute atomic E-state index is 0.0218. The average Bonchev–Trinajstić information content (AvgIpc) is 3.09. The van der Waals surface area contributed by atoms with Gasteiger partial charge in [-0.2, -0.15) is 4.98 Å². The lowest BCUT2D eigenvalue weighted by atomic mass is 10.1. The van der Waals surface area contributed by atoms with Crippen LogP contribution in [0.5, 0.6) is 0 Å². The quantitative estimate of drug-likeness (QED) is 0.809. The molecule has 1 aliphatic heterocycles. The van der Waals surface area contributed by atoms with Crippen LogP contribution in [-0.2, 0) is 4.74 Å². The number of ether oxygens (including phenoxy) is 1. The average molecular weight is 319 g/mol. The molecule has 2 heterocycles. The summed E-state index contributed by atoms with van der Waals surface area (Å²) >= 11 is 1.62. The van der Waals surface area contributed by atoms with Crippen molar-refractivity contribution in [2.75, 3.05) is 26.0 Å². The van der Waals surface area contributed by atoms with Gasteiger partial charge in [0.1, 0.15) is 6.04 Å². The fourth-order valence-corrected chi connectivity index (χ4v) is 2.94. The van der Waals surface area contributed by atoms with E-state index in [0.29, 0.717) is 31.1 Å². The van der Waals surface area contributed by atoms with Crippen LogP contribution in [0.25, 0.3) is 0 Å². The Hall–Kier alpha value is -1.86. The van der Waals surface area contributed by atoms with E-state index in [1.165, 1.54) is 6.39 Å². The van der Waals surface area contributed by atoms with Gasteiger partial charge in [0.05, 0.1) is 13.2 Å². The molecule has 1 atom stereocenters. The monoisotopic (exact) mass is 319 g/mol. The number of nitrogens with zero attached hydrogens (tertiary/aromatic N) is 3. The Bertz CT molecular complexity index is 660. The van der Waals surface area contributed by atoms with Crippen LogP contribution in [0.15, 0.2) is 34.0 Å². The fourth-order valence-electron chi connectivity index (χ4n) is 2.50. The van der Waals surface area contributed by atoms with Gasteiger partial charge in [0.2, 0.25) is 6.39 Å². The number of aryl methyl sites for hydroxylation is 1. The van der Waals surface area contributed by atoms with E-state index in [4.69, 9.17) is 9.26 Å². The van der Waals surface area contributed by atoms with Crippen molar-refractivity contribution >= 4 is 17.7 Å². The number of thioether (sulfide) groups is 1. The number of amides is 1. The van der Waals surface area contributed by atoms with Crippen LogP contribution in [-0.4, -0.2) is 47.0 Å². The topological polar surface area (TPSA) is 68.5 Å². The first-order chi connectivity index (χ1) is 10.7. The number of morpholine rings is 1. The molecule has 3 rings (SSSR count). The second-order valence-corrected chi connectivity index (χ2v) is 5.94. The molecule has 1 fully saturated rings. The molecule has 1 saturated heterocycles. The van der Waals surface area contributed by atoms with E-state index in [1.54, 1.807) is 16.7 Å². The third kappa shape index (κ3) is 2.86. The van der Waals surface area contributed by atoms with E-state index in [1.807, 2.05) is 31.4 Å². The Kier molecular flexibility index (Phi) is 4.44. The molecule has 1 amide bonds. The Balaban J connectivity index is 1.92. The van der Waals surface area contributed by atoms with Gasteiger partial charge >= 0.3 is 0 Å². The van der Waals surface area contributed by atoms with Gasteiger partial charge in [-0.1, -0.05) is 11.2 Å². The lowest BCUT2D eigenvalue weighted by molar-refractivity contribution is -0.00582. The second kappa shape index (κ2) is 6.50. The first-order valence-corrected chi connectivity index (χ1v) is 8.23. The van der Waals surface area contributed by atoms with Crippen molar-refractivity contribution < 1.29 is 14.1 Å². The molecule has 0 radical (unpaired) electrons. The molecule has 6 nitrogen and oxygen atoms in total. The number of hydrogen-bond donors (Lipinski definition) is 0. The number of rotatable bonds is 3. The zero-order valence-electron chi connectivity index (χ0n) is 12.5. The van der Waals surface area contributed by atoms with Crippen LogP contribution in [0, 0.1) is 6.92 Å². The van der Waals surface area contributed by atoms with Crippen molar-refractivity contribution in [3.8, 4) is 0 Å². The summed E-state index contributed by atoms with van der Waals surface area (Å²) in [6.07, 6.45) is 3.27. The molecule has 1 aromatic carbocycles. The predicted molar refractivity (Wildman–Crippen MR) is 81.9 cm³/mol. The first kappa shape index (κ1) is 15.1. The molecule has 0 bridgehead atoms. The highest BCUT2D eigenvalue weighted by molar-refractivity contribution is 7.98. The summed E-state index contributed by atoms with van der Waals surface area (Å²) in [5.74, 6) is 0.457. The van der Waals surface area contributed by atoms with Crippen molar-refractivity contribution in [1.82, 2.24) is 15.0 Å². The number of hydrogen-bond acceptors (Lipinski definition) is 6. The molecule has 22 heavy (non-hydrogen) atoms. The summed E-state index contributed by atoms with van der Waals surface area (Å²) in [6, 6.07) is 5.62. The van der Waals surface area contributed by atoms with Gasteiger partial charge in [-0.15, -0.1) is 11.8 Å². The molecule has 1 aromatic heterocycles. The van der Waals surface area contributed by atoms with Crippen molar-refractivity contribution in [3.05, 3.63) is 41.5 Å². The first-order valence-electron chi connectivity index (χ1n) is 7.00. The smallest absolute Gasteiger partial charge is 0.254 e. The Morgan fingerprint density at radius 2 is 2.32 bits per heavy atom. The molecular formula is C15H17N3O3S. The van der Waals surface area contributed by atoms with Gasteiger partial charge in [0, 0.05) is 17.0 Å². The van der Waals surface area contributed by atoms with Crippen molar-refractivity contribution in [1.29, 1.82) is 0 Å². The van der Waals surface area contributed by atoms with Crippen molar-refractivity contribution in [3.63, 3.8) is 0 Å². The van der Waals surface area contributed by atoms with Gasteiger partial charge in [-0.25, -0.2) is 0 Å². The zero-order valence-corrected chi connectivity index (χ0v) is 13.3. The van der Waals surface area contributed by atoms with E-state index >= 15 is 0 Å². The minimum atomic E-state index is -0.308. The molecular weight excluding hydrogens is 302 g/mol. The third-order valence-electron chi connectivity index (χ3n) is 3.74. The van der Waals surface area contributed by atoms with E-state index in [9.17, 15) is 4.79 Å². The summed E-state index contributed by atoms with van der Waals surface area (Å²) in [7, 11) is 0. The Morgan fingerprint density at radius 3 is 3.05 bits per heavy atom. The van der Waals surface area contributed by atoms with Gasteiger partial charge < -0.3 is 14.2 Å². The molecule has 1 aliphatic rings. The van der Waals surface area contributed by atoms with Crippen LogP contribution in [0.1, 0.15) is 27.8 Å². The van der Waals surface area contributed by atoms with Crippen LogP contribution >= 0.6 is 11.8 Å². The molecule has 7 heteroatoms. The molecule has 116 valence electrons. The van der Waals surface area contributed by atoms with Crippen LogP contribution in [0.4, 0.5) is 0 Å². The highest BCUT2D eigenvalue weighted by Gasteiger charge is 2.32. The molecule has 2 aromatic rings. The van der Waals surface area contributed by atoms with Gasteiger partial charge in [-0.3, -0.25) is 4.79 Å². The van der Waals surface area contributed by atoms with Crippen LogP contribution < -0.4 is 0 Å². The SMILES string of the molecule is CSc1ccc(C)c(C(=O)N2CCOC[C@H]2c2ncon2)c1. The minimum Gasteiger partial charge on any atom is -0.377 e. The van der Waals surface area contributed by atoms with E-state index in [2.05, 4.69) is 10.1 Å². The number of carbonyl (C=O) groups is 1. The lowest BCUT2D eigenvalue weighted by Gasteiger charge is -2.34. The fraction of sp³-hybridized carbons (Fsp3) is 0.400. The van der Waals surface area contributed by atoms with Gasteiger partial charge in [-0.05, 0) is 30.9 Å². The third-order valence-corrected chi connectivity index (χ3v) is 4.47. The van der Waals surface area contributed by atoms with Crippen LogP contribution in [0.2, 0.25) is 0 Å². The van der Waals surface area contributed by atoms with Crippen molar-refractivity contribution in [2.45, 2.75) is 17.9 Å². The normalized spacial score (nSPS) is 18.5. The summed E-state index contributed by atoms with van der Waals surface area (Å²) in [5.41, 5.74) is 1.67. The van der Waals surface area contributed by atoms with Gasteiger partial charge in [0.25, 0.3) is 5.91 Å². The maximum atomic E-state index is 13.0. The molecule has 0 unspecified atom stereocenters. The van der Waals surface area contributed by atoms with Gasteiger partial charge in [0.15, 0.2) is 5.82 Å². The Morgan fingerprint density at radius 1 is 1.45 bits per heavy atom.